The van der Waals surface area contributed by atoms with Gasteiger partial charge in [0.05, 0.1) is 11.3 Å². The summed E-state index contributed by atoms with van der Waals surface area (Å²) in [5.41, 5.74) is 0.917. The monoisotopic (exact) mass is 418 g/mol. The summed E-state index contributed by atoms with van der Waals surface area (Å²) in [6.07, 6.45) is 3.38. The summed E-state index contributed by atoms with van der Waals surface area (Å²) in [5, 5.41) is 7.82. The molecule has 0 atom stereocenters. The third-order valence-electron chi connectivity index (χ3n) is 5.22. The minimum atomic E-state index is -3.81. The number of sulfonamides is 1. The highest BCUT2D eigenvalue weighted by atomic mass is 32.2. The van der Waals surface area contributed by atoms with Crippen molar-refractivity contribution in [2.45, 2.75) is 23.9 Å². The average molecular weight is 418 g/mol. The zero-order chi connectivity index (χ0) is 20.0. The summed E-state index contributed by atoms with van der Waals surface area (Å²) in [6.45, 7) is 1.25. The van der Waals surface area contributed by atoms with E-state index in [9.17, 15) is 12.8 Å². The number of rotatable bonds is 5. The summed E-state index contributed by atoms with van der Waals surface area (Å²) >= 11 is 0. The van der Waals surface area contributed by atoms with Crippen molar-refractivity contribution in [3.05, 3.63) is 48.3 Å². The van der Waals surface area contributed by atoms with Crippen LogP contribution >= 0.6 is 0 Å². The predicted molar refractivity (Wildman–Crippen MR) is 101 cm³/mol. The van der Waals surface area contributed by atoms with Gasteiger partial charge in [0.2, 0.25) is 11.0 Å². The fourth-order valence-electron chi connectivity index (χ4n) is 3.42. The first kappa shape index (κ1) is 18.3. The van der Waals surface area contributed by atoms with Gasteiger partial charge in [-0.1, -0.05) is 12.1 Å². The van der Waals surface area contributed by atoms with Crippen molar-refractivity contribution in [3.63, 3.8) is 0 Å². The Bertz CT molecular complexity index is 1130. The molecule has 0 spiro atoms. The Morgan fingerprint density at radius 2 is 1.83 bits per heavy atom. The molecule has 0 N–H and O–H groups in total. The fraction of sp³-hybridized carbons (Fsp3) is 0.368. The highest BCUT2D eigenvalue weighted by molar-refractivity contribution is 7.89. The van der Waals surface area contributed by atoms with Gasteiger partial charge in [-0.25, -0.2) is 12.8 Å². The second-order valence-electron chi connectivity index (χ2n) is 7.22. The average Bonchev–Trinajstić information content (AvgIpc) is 3.25. The Labute approximate surface area is 167 Å². The molecule has 5 rings (SSSR count). The number of hydrogen-bond donors (Lipinski definition) is 0. The molecular weight excluding hydrogens is 399 g/mol. The van der Waals surface area contributed by atoms with Crippen LogP contribution in [0.3, 0.4) is 0 Å². The van der Waals surface area contributed by atoms with E-state index in [1.807, 2.05) is 4.90 Å². The van der Waals surface area contributed by atoms with Gasteiger partial charge in [0.15, 0.2) is 0 Å². The molecule has 0 amide bonds. The van der Waals surface area contributed by atoms with E-state index >= 15 is 0 Å². The van der Waals surface area contributed by atoms with Gasteiger partial charge >= 0.3 is 0 Å². The predicted octanol–water partition coefficient (Wildman–Crippen LogP) is 2.86. The number of furan rings is 1. The smallest absolute Gasteiger partial charge is 0.276 e. The van der Waals surface area contributed by atoms with Gasteiger partial charge in [-0.15, -0.1) is 10.2 Å². The van der Waals surface area contributed by atoms with E-state index in [2.05, 4.69) is 10.2 Å². The molecule has 3 heterocycles. The van der Waals surface area contributed by atoms with Crippen LogP contribution in [0.2, 0.25) is 0 Å². The van der Waals surface area contributed by atoms with Gasteiger partial charge in [0, 0.05) is 38.2 Å². The molecule has 2 fully saturated rings. The van der Waals surface area contributed by atoms with Crippen molar-refractivity contribution in [1.29, 1.82) is 0 Å². The van der Waals surface area contributed by atoms with E-state index in [0.29, 0.717) is 36.1 Å². The molecule has 1 aliphatic heterocycles. The molecular formula is C19H19FN4O4S. The van der Waals surface area contributed by atoms with E-state index in [-0.39, 0.29) is 29.9 Å². The number of aromatic nitrogens is 2. The first-order valence-corrected chi connectivity index (χ1v) is 10.9. The Balaban J connectivity index is 1.30. The van der Waals surface area contributed by atoms with Gasteiger partial charge in [0.1, 0.15) is 12.1 Å². The topological polar surface area (TPSA) is 92.7 Å². The van der Waals surface area contributed by atoms with Crippen molar-refractivity contribution in [2.24, 2.45) is 0 Å². The van der Waals surface area contributed by atoms with E-state index in [0.717, 1.165) is 12.8 Å². The summed E-state index contributed by atoms with van der Waals surface area (Å²) in [5.74, 6) is 0.832. The lowest BCUT2D eigenvalue weighted by Crippen LogP contribution is -2.48. The molecule has 0 unspecified atom stereocenters. The highest BCUT2D eigenvalue weighted by Crippen LogP contribution is 2.40. The largest absolute Gasteiger partial charge is 0.451 e. The third kappa shape index (κ3) is 3.42. The van der Waals surface area contributed by atoms with Crippen LogP contribution in [0.1, 0.15) is 24.7 Å². The maximum absolute atomic E-state index is 14.0. The normalized spacial score (nSPS) is 18.3. The van der Waals surface area contributed by atoms with Crippen LogP contribution in [0.5, 0.6) is 0 Å². The molecule has 29 heavy (non-hydrogen) atoms. The minimum absolute atomic E-state index is 0.169. The number of piperazine rings is 1. The summed E-state index contributed by atoms with van der Waals surface area (Å²) < 4.78 is 52.1. The van der Waals surface area contributed by atoms with Gasteiger partial charge < -0.3 is 13.7 Å². The fourth-order valence-corrected chi connectivity index (χ4v) is 4.76. The standard InChI is InChI=1S/C19H19FN4O4S/c20-15-3-1-2-4-16(15)23-7-9-24(10-8-23)29(25,26)17-11-14(12-27-17)19-22-21-18(28-19)13-5-6-13/h1-4,11-13H,5-10H2. The lowest BCUT2D eigenvalue weighted by atomic mass is 10.2. The number of para-hydroxylation sites is 1. The molecule has 1 aliphatic carbocycles. The molecule has 1 saturated heterocycles. The van der Waals surface area contributed by atoms with E-state index in [1.165, 1.54) is 22.7 Å². The van der Waals surface area contributed by atoms with Crippen molar-refractivity contribution < 1.29 is 21.6 Å². The molecule has 152 valence electrons. The summed E-state index contributed by atoms with van der Waals surface area (Å²) in [6, 6.07) is 7.89. The second-order valence-corrected chi connectivity index (χ2v) is 9.09. The quantitative estimate of drug-likeness (QED) is 0.629. The molecule has 3 aromatic rings. The first-order valence-electron chi connectivity index (χ1n) is 9.44. The third-order valence-corrected chi connectivity index (χ3v) is 6.98. The van der Waals surface area contributed by atoms with Crippen molar-refractivity contribution in [3.8, 4) is 11.5 Å². The number of hydrogen-bond acceptors (Lipinski definition) is 7. The summed E-state index contributed by atoms with van der Waals surface area (Å²) in [7, 11) is -3.81. The molecule has 1 saturated carbocycles. The van der Waals surface area contributed by atoms with Gasteiger partial charge in [-0.3, -0.25) is 0 Å². The van der Waals surface area contributed by atoms with Gasteiger partial charge in [-0.2, -0.15) is 4.31 Å². The van der Waals surface area contributed by atoms with E-state index in [1.54, 1.807) is 18.2 Å². The molecule has 1 aromatic carbocycles. The van der Waals surface area contributed by atoms with Crippen LogP contribution in [0.4, 0.5) is 10.1 Å². The van der Waals surface area contributed by atoms with E-state index in [4.69, 9.17) is 8.83 Å². The van der Waals surface area contributed by atoms with Crippen LogP contribution in [0.25, 0.3) is 11.5 Å². The van der Waals surface area contributed by atoms with Crippen molar-refractivity contribution in [2.75, 3.05) is 31.1 Å². The SMILES string of the molecule is O=S(=O)(c1cc(-c2nnc(C3CC3)o2)co1)N1CCN(c2ccccc2F)CC1. The van der Waals surface area contributed by atoms with Crippen LogP contribution in [-0.4, -0.2) is 49.1 Å². The molecule has 0 radical (unpaired) electrons. The number of anilines is 1. The lowest BCUT2D eigenvalue weighted by molar-refractivity contribution is 0.360. The Morgan fingerprint density at radius 3 is 2.55 bits per heavy atom. The van der Waals surface area contributed by atoms with Crippen LogP contribution < -0.4 is 4.90 Å². The second kappa shape index (κ2) is 6.96. The Morgan fingerprint density at radius 1 is 1.07 bits per heavy atom. The number of nitrogens with zero attached hydrogens (tertiary/aromatic N) is 4. The highest BCUT2D eigenvalue weighted by Gasteiger charge is 2.33. The van der Waals surface area contributed by atoms with Crippen molar-refractivity contribution >= 4 is 15.7 Å². The minimum Gasteiger partial charge on any atom is -0.451 e. The molecule has 10 heteroatoms. The summed E-state index contributed by atoms with van der Waals surface area (Å²) in [4.78, 5) is 1.84. The zero-order valence-corrected chi connectivity index (χ0v) is 16.3. The maximum atomic E-state index is 14.0. The molecule has 2 aliphatic rings. The van der Waals surface area contributed by atoms with Gasteiger partial charge in [-0.05, 0) is 25.0 Å². The Hall–Kier alpha value is -2.72. The van der Waals surface area contributed by atoms with E-state index < -0.39 is 10.0 Å². The maximum Gasteiger partial charge on any atom is 0.276 e. The lowest BCUT2D eigenvalue weighted by Gasteiger charge is -2.34. The Kier molecular flexibility index (Phi) is 4.39. The van der Waals surface area contributed by atoms with Gasteiger partial charge in [0.25, 0.3) is 15.9 Å². The van der Waals surface area contributed by atoms with Crippen LogP contribution in [-0.2, 0) is 10.0 Å². The van der Waals surface area contributed by atoms with Crippen molar-refractivity contribution in [1.82, 2.24) is 14.5 Å². The zero-order valence-electron chi connectivity index (χ0n) is 15.5. The molecule has 0 bridgehead atoms. The molecule has 2 aromatic heterocycles. The number of halogens is 1. The first-order chi connectivity index (χ1) is 14.0. The van der Waals surface area contributed by atoms with Crippen LogP contribution in [0.15, 0.2) is 50.5 Å². The number of benzene rings is 1. The van der Waals surface area contributed by atoms with Crippen LogP contribution in [0, 0.1) is 5.82 Å². The molecule has 8 nitrogen and oxygen atoms in total.